The maximum absolute atomic E-state index is 12.4. The predicted molar refractivity (Wildman–Crippen MR) is 69.8 cm³/mol. The monoisotopic (exact) mass is 273 g/mol. The Morgan fingerprint density at radius 1 is 1.17 bits per heavy atom. The highest BCUT2D eigenvalue weighted by Crippen LogP contribution is 2.47. The number of nitrogens with zero attached hydrogens (tertiary/aromatic N) is 1. The molecule has 1 heterocycles. The Hall–Kier alpha value is -0.130. The van der Waals surface area contributed by atoms with Crippen LogP contribution in [0.15, 0.2) is 0 Å². The zero-order valence-corrected chi connectivity index (χ0v) is 11.9. The van der Waals surface area contributed by atoms with Crippen molar-refractivity contribution in [3.8, 4) is 0 Å². The number of rotatable bonds is 3. The molecular weight excluding hydrogens is 250 g/mol. The van der Waals surface area contributed by atoms with Crippen LogP contribution in [0.25, 0.3) is 0 Å². The summed E-state index contributed by atoms with van der Waals surface area (Å²) in [5, 5.41) is -0.0740. The predicted octanol–water partition coefficient (Wildman–Crippen LogP) is 1.76. The highest BCUT2D eigenvalue weighted by molar-refractivity contribution is 7.90. The van der Waals surface area contributed by atoms with E-state index in [1.807, 2.05) is 0 Å². The third-order valence-corrected chi connectivity index (χ3v) is 7.33. The minimum atomic E-state index is -3.01. The zero-order chi connectivity index (χ0) is 12.8. The van der Waals surface area contributed by atoms with E-state index < -0.39 is 10.0 Å². The number of hydrogen-bond acceptors (Lipinski definition) is 3. The molecule has 0 aromatic heterocycles. The molecule has 1 aliphatic heterocycles. The molecule has 1 spiro atoms. The molecule has 2 saturated carbocycles. The van der Waals surface area contributed by atoms with E-state index in [4.69, 9.17) is 4.74 Å². The molecule has 2 atom stereocenters. The fourth-order valence-corrected chi connectivity index (χ4v) is 5.83. The molecule has 3 rings (SSSR count). The van der Waals surface area contributed by atoms with E-state index in [9.17, 15) is 8.42 Å². The SMILES string of the molecule is CO[C@@H]1CCC[C@]12CCCN(S(=O)(=O)C1CC1)C2. The molecule has 0 aromatic carbocycles. The summed E-state index contributed by atoms with van der Waals surface area (Å²) in [5.41, 5.74) is 0.106. The number of sulfonamides is 1. The van der Waals surface area contributed by atoms with Crippen molar-refractivity contribution < 1.29 is 13.2 Å². The van der Waals surface area contributed by atoms with Gasteiger partial charge in [0.25, 0.3) is 0 Å². The van der Waals surface area contributed by atoms with Crippen molar-refractivity contribution in [3.63, 3.8) is 0 Å². The maximum atomic E-state index is 12.4. The number of ether oxygens (including phenoxy) is 1. The van der Waals surface area contributed by atoms with Gasteiger partial charge < -0.3 is 4.74 Å². The topological polar surface area (TPSA) is 46.6 Å². The van der Waals surface area contributed by atoms with Crippen molar-refractivity contribution in [2.24, 2.45) is 5.41 Å². The average molecular weight is 273 g/mol. The molecule has 104 valence electrons. The second kappa shape index (κ2) is 4.46. The van der Waals surface area contributed by atoms with E-state index in [-0.39, 0.29) is 16.8 Å². The summed E-state index contributed by atoms with van der Waals surface area (Å²) in [6.07, 6.45) is 7.49. The van der Waals surface area contributed by atoms with E-state index in [1.54, 1.807) is 11.4 Å². The lowest BCUT2D eigenvalue weighted by Gasteiger charge is -2.43. The Bertz CT molecular complexity index is 418. The van der Waals surface area contributed by atoms with Crippen LogP contribution in [-0.2, 0) is 14.8 Å². The Morgan fingerprint density at radius 2 is 1.89 bits per heavy atom. The fourth-order valence-electron chi connectivity index (χ4n) is 3.85. The van der Waals surface area contributed by atoms with Crippen molar-refractivity contribution in [2.75, 3.05) is 20.2 Å². The van der Waals surface area contributed by atoms with Crippen LogP contribution in [0.4, 0.5) is 0 Å². The molecule has 0 aromatic rings. The van der Waals surface area contributed by atoms with Crippen molar-refractivity contribution in [3.05, 3.63) is 0 Å². The Morgan fingerprint density at radius 3 is 2.56 bits per heavy atom. The molecule has 2 aliphatic carbocycles. The maximum Gasteiger partial charge on any atom is 0.217 e. The number of hydrogen-bond donors (Lipinski definition) is 0. The van der Waals surface area contributed by atoms with Crippen LogP contribution in [-0.4, -0.2) is 44.3 Å². The van der Waals surface area contributed by atoms with Crippen LogP contribution in [0.1, 0.15) is 44.9 Å². The van der Waals surface area contributed by atoms with Crippen molar-refractivity contribution in [2.45, 2.75) is 56.3 Å². The first kappa shape index (κ1) is 12.9. The van der Waals surface area contributed by atoms with Crippen LogP contribution in [0.3, 0.4) is 0 Å². The summed E-state index contributed by atoms with van der Waals surface area (Å²) < 4.78 is 32.1. The minimum Gasteiger partial charge on any atom is -0.381 e. The van der Waals surface area contributed by atoms with E-state index in [0.717, 1.165) is 45.1 Å². The lowest BCUT2D eigenvalue weighted by molar-refractivity contribution is -0.0185. The van der Waals surface area contributed by atoms with Gasteiger partial charge in [0.15, 0.2) is 0 Å². The van der Waals surface area contributed by atoms with Crippen molar-refractivity contribution in [1.29, 1.82) is 0 Å². The molecule has 4 nitrogen and oxygen atoms in total. The minimum absolute atomic E-state index is 0.0740. The fraction of sp³-hybridized carbons (Fsp3) is 1.00. The average Bonchev–Trinajstić information content (AvgIpc) is 3.15. The highest BCUT2D eigenvalue weighted by Gasteiger charge is 2.50. The smallest absolute Gasteiger partial charge is 0.217 e. The Kier molecular flexibility index (Phi) is 3.19. The third kappa shape index (κ3) is 2.00. The third-order valence-electron chi connectivity index (χ3n) is 4.99. The van der Waals surface area contributed by atoms with Crippen LogP contribution >= 0.6 is 0 Å². The van der Waals surface area contributed by atoms with Gasteiger partial charge in [0.05, 0.1) is 11.4 Å². The standard InChI is InChI=1S/C13H23NO3S/c1-17-12-4-2-7-13(12)8-3-9-14(10-13)18(15,16)11-5-6-11/h11-12H,2-10H2,1H3/t12-,13-/m1/s1. The molecule has 3 aliphatic rings. The highest BCUT2D eigenvalue weighted by atomic mass is 32.2. The van der Waals surface area contributed by atoms with Crippen molar-refractivity contribution >= 4 is 10.0 Å². The first-order valence-corrected chi connectivity index (χ1v) is 8.61. The molecule has 1 saturated heterocycles. The second-order valence-corrected chi connectivity index (χ2v) is 8.37. The van der Waals surface area contributed by atoms with Gasteiger partial charge >= 0.3 is 0 Å². The van der Waals surface area contributed by atoms with Gasteiger partial charge in [-0.2, -0.15) is 0 Å². The molecule has 0 amide bonds. The zero-order valence-electron chi connectivity index (χ0n) is 11.1. The Labute approximate surface area is 110 Å². The summed E-state index contributed by atoms with van der Waals surface area (Å²) in [4.78, 5) is 0. The molecule has 0 bridgehead atoms. The second-order valence-electron chi connectivity index (χ2n) is 6.16. The van der Waals surface area contributed by atoms with Gasteiger partial charge in [0, 0.05) is 25.6 Å². The molecular formula is C13H23NO3S. The molecule has 5 heteroatoms. The van der Waals surface area contributed by atoms with Gasteiger partial charge in [-0.1, -0.05) is 6.42 Å². The van der Waals surface area contributed by atoms with E-state index in [0.29, 0.717) is 6.54 Å². The lowest BCUT2D eigenvalue weighted by Crippen LogP contribution is -2.50. The van der Waals surface area contributed by atoms with Gasteiger partial charge in [-0.15, -0.1) is 0 Å². The first-order chi connectivity index (χ1) is 8.58. The summed E-state index contributed by atoms with van der Waals surface area (Å²) in [7, 11) is -1.24. The molecule has 0 N–H and O–H groups in total. The van der Waals surface area contributed by atoms with E-state index >= 15 is 0 Å². The van der Waals surface area contributed by atoms with Gasteiger partial charge in [-0.05, 0) is 38.5 Å². The van der Waals surface area contributed by atoms with Crippen molar-refractivity contribution in [1.82, 2.24) is 4.31 Å². The van der Waals surface area contributed by atoms with Crippen LogP contribution in [0.2, 0.25) is 0 Å². The normalized spacial score (nSPS) is 38.4. The van der Waals surface area contributed by atoms with Crippen LogP contribution in [0.5, 0.6) is 0 Å². The van der Waals surface area contributed by atoms with Crippen LogP contribution in [0, 0.1) is 5.41 Å². The number of piperidine rings is 1. The molecule has 18 heavy (non-hydrogen) atoms. The van der Waals surface area contributed by atoms with Gasteiger partial charge in [-0.25, -0.2) is 12.7 Å². The lowest BCUT2D eigenvalue weighted by atomic mass is 9.77. The molecule has 3 fully saturated rings. The van der Waals surface area contributed by atoms with Crippen LogP contribution < -0.4 is 0 Å². The summed E-state index contributed by atoms with van der Waals surface area (Å²) >= 11 is 0. The summed E-state index contributed by atoms with van der Waals surface area (Å²) in [6.45, 7) is 1.42. The van der Waals surface area contributed by atoms with Gasteiger partial charge in [0.1, 0.15) is 0 Å². The van der Waals surface area contributed by atoms with Gasteiger partial charge in [-0.3, -0.25) is 0 Å². The van der Waals surface area contributed by atoms with E-state index in [2.05, 4.69) is 0 Å². The number of methoxy groups -OCH3 is 1. The largest absolute Gasteiger partial charge is 0.381 e. The molecule has 0 unspecified atom stereocenters. The summed E-state index contributed by atoms with van der Waals surface area (Å²) in [6, 6.07) is 0. The van der Waals surface area contributed by atoms with E-state index in [1.165, 1.54) is 6.42 Å². The Balaban J connectivity index is 1.79. The first-order valence-electron chi connectivity index (χ1n) is 7.10. The summed E-state index contributed by atoms with van der Waals surface area (Å²) in [5.74, 6) is 0. The molecule has 0 radical (unpaired) electrons. The quantitative estimate of drug-likeness (QED) is 0.787. The van der Waals surface area contributed by atoms with Gasteiger partial charge in [0.2, 0.25) is 10.0 Å².